The molecule has 4 rings (SSSR count). The molecule has 24 heavy (non-hydrogen) atoms. The summed E-state index contributed by atoms with van der Waals surface area (Å²) in [4.78, 5) is 13.8. The molecule has 0 amide bonds. The molecule has 1 atom stereocenters. The Hall–Kier alpha value is -2.62. The Kier molecular flexibility index (Phi) is 3.60. The van der Waals surface area contributed by atoms with Crippen LogP contribution in [-0.4, -0.2) is 29.6 Å². The molecule has 2 aromatic carbocycles. The lowest BCUT2D eigenvalue weighted by atomic mass is 10.1. The molecule has 4 heteroatoms. The van der Waals surface area contributed by atoms with Crippen LogP contribution in [-0.2, 0) is 6.54 Å². The van der Waals surface area contributed by atoms with Crippen LogP contribution in [0.15, 0.2) is 48.8 Å². The molecule has 0 saturated carbocycles. The summed E-state index contributed by atoms with van der Waals surface area (Å²) in [5, 5.41) is 1.13. The smallest absolute Gasteiger partial charge is 0.140 e. The van der Waals surface area contributed by atoms with E-state index >= 15 is 0 Å². The summed E-state index contributed by atoms with van der Waals surface area (Å²) in [6, 6.07) is 15.4. The molecule has 3 aromatic rings. The highest BCUT2D eigenvalue weighted by atomic mass is 15.3. The van der Waals surface area contributed by atoms with E-state index in [1.165, 1.54) is 16.8 Å². The van der Waals surface area contributed by atoms with Crippen molar-refractivity contribution in [3.63, 3.8) is 0 Å². The topological polar surface area (TPSA) is 32.3 Å². The van der Waals surface area contributed by atoms with E-state index < -0.39 is 0 Å². The van der Waals surface area contributed by atoms with E-state index in [0.29, 0.717) is 6.04 Å². The maximum absolute atomic E-state index is 4.66. The zero-order valence-corrected chi connectivity index (χ0v) is 14.4. The van der Waals surface area contributed by atoms with Crippen LogP contribution in [0.5, 0.6) is 0 Å². The van der Waals surface area contributed by atoms with Gasteiger partial charge in [-0.2, -0.15) is 0 Å². The first-order valence-corrected chi connectivity index (χ1v) is 8.40. The number of nitrogens with zero attached hydrogens (tertiary/aromatic N) is 4. The molecule has 0 bridgehead atoms. The first-order chi connectivity index (χ1) is 11.6. The fourth-order valence-electron chi connectivity index (χ4n) is 3.62. The molecule has 0 radical (unpaired) electrons. The van der Waals surface area contributed by atoms with Gasteiger partial charge < -0.3 is 9.80 Å². The summed E-state index contributed by atoms with van der Waals surface area (Å²) < 4.78 is 0. The van der Waals surface area contributed by atoms with Crippen molar-refractivity contribution in [1.82, 2.24) is 9.97 Å². The Morgan fingerprint density at radius 3 is 2.79 bits per heavy atom. The third-order valence-corrected chi connectivity index (χ3v) is 4.86. The fraction of sp³-hybridized carbons (Fsp3) is 0.300. The highest BCUT2D eigenvalue weighted by Gasteiger charge is 2.25. The van der Waals surface area contributed by atoms with Crippen molar-refractivity contribution in [2.75, 3.05) is 23.4 Å². The average molecular weight is 318 g/mol. The van der Waals surface area contributed by atoms with Crippen LogP contribution in [0, 0.1) is 6.92 Å². The lowest BCUT2D eigenvalue weighted by molar-refractivity contribution is 0.638. The van der Waals surface area contributed by atoms with Crippen molar-refractivity contribution in [1.29, 1.82) is 0 Å². The van der Waals surface area contributed by atoms with Crippen LogP contribution < -0.4 is 9.80 Å². The maximum Gasteiger partial charge on any atom is 0.140 e. The minimum Gasteiger partial charge on any atom is -0.372 e. The number of hydrogen-bond acceptors (Lipinski definition) is 4. The largest absolute Gasteiger partial charge is 0.372 e. The van der Waals surface area contributed by atoms with Crippen molar-refractivity contribution in [3.05, 3.63) is 59.9 Å². The summed E-state index contributed by atoms with van der Waals surface area (Å²) >= 11 is 0. The van der Waals surface area contributed by atoms with Crippen molar-refractivity contribution < 1.29 is 0 Å². The molecule has 0 spiro atoms. The van der Waals surface area contributed by atoms with Gasteiger partial charge in [-0.3, -0.25) is 0 Å². The van der Waals surface area contributed by atoms with E-state index in [1.807, 2.05) is 0 Å². The number of anilines is 2. The Morgan fingerprint density at radius 1 is 1.08 bits per heavy atom. The van der Waals surface area contributed by atoms with Gasteiger partial charge in [0.2, 0.25) is 0 Å². The van der Waals surface area contributed by atoms with Gasteiger partial charge in [0.05, 0.1) is 5.52 Å². The van der Waals surface area contributed by atoms with Gasteiger partial charge in [-0.1, -0.05) is 29.8 Å². The zero-order chi connectivity index (χ0) is 16.7. The number of rotatable bonds is 1. The predicted octanol–water partition coefficient (Wildman–Crippen LogP) is 3.78. The van der Waals surface area contributed by atoms with Crippen LogP contribution in [0.1, 0.15) is 18.1 Å². The number of benzene rings is 2. The monoisotopic (exact) mass is 318 g/mol. The van der Waals surface area contributed by atoms with E-state index in [1.54, 1.807) is 6.33 Å². The molecule has 4 nitrogen and oxygen atoms in total. The number of aromatic nitrogens is 2. The minimum atomic E-state index is 0.362. The predicted molar refractivity (Wildman–Crippen MR) is 99.6 cm³/mol. The molecule has 0 saturated heterocycles. The summed E-state index contributed by atoms with van der Waals surface area (Å²) in [7, 11) is 2.17. The number of para-hydroxylation sites is 1. The van der Waals surface area contributed by atoms with Crippen LogP contribution in [0.2, 0.25) is 0 Å². The average Bonchev–Trinajstić information content (AvgIpc) is 2.71. The lowest BCUT2D eigenvalue weighted by Gasteiger charge is -2.30. The summed E-state index contributed by atoms with van der Waals surface area (Å²) in [5.41, 5.74) is 4.88. The molecule has 122 valence electrons. The Morgan fingerprint density at radius 2 is 1.92 bits per heavy atom. The summed E-state index contributed by atoms with van der Waals surface area (Å²) in [5.74, 6) is 1.03. The third kappa shape index (κ3) is 2.48. The van der Waals surface area contributed by atoms with E-state index in [9.17, 15) is 0 Å². The standard InChI is InChI=1S/C20H22N4/c1-14-8-9-18-17(10-14)20(22-13-21-18)24-12-16-6-4-5-7-19(16)23(3)11-15(24)2/h4-10,13,15H,11-12H2,1-3H3. The highest BCUT2D eigenvalue weighted by molar-refractivity contribution is 5.90. The normalized spacial score (nSPS) is 17.7. The second kappa shape index (κ2) is 5.78. The molecule has 1 unspecified atom stereocenters. The quantitative estimate of drug-likeness (QED) is 0.683. The van der Waals surface area contributed by atoms with Crippen LogP contribution in [0.4, 0.5) is 11.5 Å². The van der Waals surface area contributed by atoms with E-state index in [0.717, 1.165) is 29.8 Å². The first kappa shape index (κ1) is 14.9. The van der Waals surface area contributed by atoms with Gasteiger partial charge in [0.15, 0.2) is 0 Å². The second-order valence-corrected chi connectivity index (χ2v) is 6.70. The maximum atomic E-state index is 4.66. The molecular formula is C20H22N4. The summed E-state index contributed by atoms with van der Waals surface area (Å²) in [6.07, 6.45) is 1.68. The molecule has 0 aliphatic carbocycles. The van der Waals surface area contributed by atoms with Gasteiger partial charge in [-0.05, 0) is 37.6 Å². The van der Waals surface area contributed by atoms with Gasteiger partial charge >= 0.3 is 0 Å². The lowest BCUT2D eigenvalue weighted by Crippen LogP contribution is -2.38. The minimum absolute atomic E-state index is 0.362. The molecule has 1 aliphatic heterocycles. The van der Waals surface area contributed by atoms with Crippen LogP contribution >= 0.6 is 0 Å². The van der Waals surface area contributed by atoms with Crippen molar-refractivity contribution >= 4 is 22.4 Å². The Balaban J connectivity index is 1.86. The first-order valence-electron chi connectivity index (χ1n) is 8.40. The number of fused-ring (bicyclic) bond motifs is 2. The van der Waals surface area contributed by atoms with Gasteiger partial charge in [-0.25, -0.2) is 9.97 Å². The molecular weight excluding hydrogens is 296 g/mol. The van der Waals surface area contributed by atoms with Crippen molar-refractivity contribution in [3.8, 4) is 0 Å². The highest BCUT2D eigenvalue weighted by Crippen LogP contribution is 2.32. The van der Waals surface area contributed by atoms with E-state index in [-0.39, 0.29) is 0 Å². The Bertz CT molecular complexity index is 890. The molecule has 1 aromatic heterocycles. The van der Waals surface area contributed by atoms with E-state index in [4.69, 9.17) is 0 Å². The molecule has 0 fully saturated rings. The van der Waals surface area contributed by atoms with Crippen LogP contribution in [0.3, 0.4) is 0 Å². The van der Waals surface area contributed by atoms with Crippen LogP contribution in [0.25, 0.3) is 10.9 Å². The van der Waals surface area contributed by atoms with E-state index in [2.05, 4.69) is 83.1 Å². The molecule has 1 aliphatic rings. The SMILES string of the molecule is Cc1ccc2ncnc(N3Cc4ccccc4N(C)CC3C)c2c1. The van der Waals surface area contributed by atoms with Gasteiger partial charge in [0, 0.05) is 37.3 Å². The van der Waals surface area contributed by atoms with Gasteiger partial charge in [0.1, 0.15) is 12.1 Å². The van der Waals surface area contributed by atoms with Gasteiger partial charge in [-0.15, -0.1) is 0 Å². The molecule has 2 heterocycles. The number of aryl methyl sites for hydroxylation is 1. The zero-order valence-electron chi connectivity index (χ0n) is 14.4. The van der Waals surface area contributed by atoms with Crippen molar-refractivity contribution in [2.45, 2.75) is 26.4 Å². The Labute approximate surface area is 142 Å². The van der Waals surface area contributed by atoms with Crippen molar-refractivity contribution in [2.24, 2.45) is 0 Å². The molecule has 0 N–H and O–H groups in total. The number of likely N-dealkylation sites (N-methyl/N-ethyl adjacent to an activating group) is 1. The summed E-state index contributed by atoms with van der Waals surface area (Å²) in [6.45, 7) is 6.22. The van der Waals surface area contributed by atoms with Gasteiger partial charge in [0.25, 0.3) is 0 Å². The fourth-order valence-corrected chi connectivity index (χ4v) is 3.62. The number of hydrogen-bond donors (Lipinski definition) is 0. The third-order valence-electron chi connectivity index (χ3n) is 4.86. The second-order valence-electron chi connectivity index (χ2n) is 6.70.